The second-order valence-corrected chi connectivity index (χ2v) is 8.89. The van der Waals surface area contributed by atoms with Gasteiger partial charge in [0.25, 0.3) is 5.01 Å². The topological polar surface area (TPSA) is 112 Å². The molecule has 14 heavy (non-hydrogen) atoms. The second-order valence-electron chi connectivity index (χ2n) is 2.77. The van der Waals surface area contributed by atoms with Crippen molar-refractivity contribution in [3.05, 3.63) is 0 Å². The van der Waals surface area contributed by atoms with E-state index in [9.17, 15) is 14.2 Å². The molecule has 0 aliphatic carbocycles. The van der Waals surface area contributed by atoms with Gasteiger partial charge in [-0.3, -0.25) is 14.2 Å². The molecule has 0 saturated carbocycles. The van der Waals surface area contributed by atoms with Crippen LogP contribution in [0.3, 0.4) is 0 Å². The fourth-order valence-corrected chi connectivity index (χ4v) is 3.17. The summed E-state index contributed by atoms with van der Waals surface area (Å²) in [5.74, 6) is -3.42. The molecular weight excluding hydrogens is 326 g/mol. The van der Waals surface area contributed by atoms with Crippen LogP contribution in [0.2, 0.25) is 0 Å². The van der Waals surface area contributed by atoms with Gasteiger partial charge in [-0.15, -0.1) is 0 Å². The maximum absolute atomic E-state index is 10.9. The van der Waals surface area contributed by atoms with Crippen molar-refractivity contribution in [2.24, 2.45) is 5.92 Å². The van der Waals surface area contributed by atoms with Crippen LogP contribution in [0.4, 0.5) is 0 Å². The zero-order valence-corrected chi connectivity index (χ0v) is 10.1. The monoisotopic (exact) mass is 336 g/mol. The van der Waals surface area contributed by atoms with E-state index in [1.54, 1.807) is 0 Å². The van der Waals surface area contributed by atoms with Crippen LogP contribution in [0.15, 0.2) is 0 Å². The highest BCUT2D eigenvalue weighted by atomic mass is 127. The largest absolute Gasteiger partial charge is 0.481 e. The number of hydrogen-bond acceptors (Lipinski definition) is 3. The molecule has 0 aliphatic rings. The van der Waals surface area contributed by atoms with E-state index in [1.807, 2.05) is 0 Å². The van der Waals surface area contributed by atoms with Crippen molar-refractivity contribution in [3.63, 3.8) is 0 Å². The SMILES string of the molecule is O=C(O)CC[C@H](CP(=O)(O)I)C(=O)O. The lowest BCUT2D eigenvalue weighted by Crippen LogP contribution is -2.18. The smallest absolute Gasteiger partial charge is 0.307 e. The minimum Gasteiger partial charge on any atom is -0.481 e. The van der Waals surface area contributed by atoms with E-state index in [2.05, 4.69) is 0 Å². The van der Waals surface area contributed by atoms with Gasteiger partial charge in [0, 0.05) is 34.6 Å². The van der Waals surface area contributed by atoms with Gasteiger partial charge >= 0.3 is 11.9 Å². The number of halogens is 1. The lowest BCUT2D eigenvalue weighted by Gasteiger charge is -2.11. The van der Waals surface area contributed by atoms with Crippen LogP contribution in [0, 0.1) is 5.92 Å². The number of rotatable bonds is 6. The minimum absolute atomic E-state index is 0.127. The average molecular weight is 336 g/mol. The van der Waals surface area contributed by atoms with Crippen LogP contribution in [-0.2, 0) is 14.2 Å². The highest BCUT2D eigenvalue weighted by molar-refractivity contribution is 14.2. The maximum Gasteiger partial charge on any atom is 0.307 e. The first-order valence-electron chi connectivity index (χ1n) is 3.68. The molecule has 0 aromatic rings. The number of carboxylic acid groups (broad SMARTS) is 2. The molecule has 0 aromatic carbocycles. The third-order valence-corrected chi connectivity index (χ3v) is 3.57. The first kappa shape index (κ1) is 13.9. The fraction of sp³-hybridized carbons (Fsp3) is 0.667. The summed E-state index contributed by atoms with van der Waals surface area (Å²) in [5.41, 5.74) is 0. The van der Waals surface area contributed by atoms with Gasteiger partial charge in [0.1, 0.15) is 0 Å². The number of hydrogen-bond donors (Lipinski definition) is 3. The van der Waals surface area contributed by atoms with Crippen LogP contribution >= 0.6 is 27.1 Å². The Morgan fingerprint density at radius 3 is 2.14 bits per heavy atom. The van der Waals surface area contributed by atoms with Crippen molar-refractivity contribution in [3.8, 4) is 0 Å². The molecule has 82 valence electrons. The van der Waals surface area contributed by atoms with Gasteiger partial charge in [-0.2, -0.15) is 0 Å². The standard InChI is InChI=1S/C6H10IO6P/c7-14(12,13)3-4(6(10)11)1-2-5(8)9/h4H,1-3H2,(H,8,9)(H,10,11)(H,12,13)/t4-/m1/s1. The summed E-state index contributed by atoms with van der Waals surface area (Å²) < 4.78 is 10.9. The molecule has 8 heteroatoms. The highest BCUT2D eigenvalue weighted by Gasteiger charge is 2.26. The first-order chi connectivity index (χ1) is 6.22. The third-order valence-electron chi connectivity index (χ3n) is 1.50. The van der Waals surface area contributed by atoms with Crippen LogP contribution in [-0.4, -0.2) is 33.2 Å². The van der Waals surface area contributed by atoms with Crippen molar-refractivity contribution in [1.82, 2.24) is 0 Å². The molecule has 0 bridgehead atoms. The molecule has 6 nitrogen and oxygen atoms in total. The summed E-state index contributed by atoms with van der Waals surface area (Å²) in [7, 11) is 0. The first-order valence-corrected chi connectivity index (χ1v) is 8.31. The molecule has 2 atom stereocenters. The quantitative estimate of drug-likeness (QED) is 0.496. The molecule has 0 radical (unpaired) electrons. The van der Waals surface area contributed by atoms with E-state index in [1.165, 1.54) is 22.0 Å². The predicted octanol–water partition coefficient (Wildman–Crippen LogP) is 1.17. The van der Waals surface area contributed by atoms with E-state index < -0.39 is 29.0 Å². The van der Waals surface area contributed by atoms with Crippen LogP contribution in [0.25, 0.3) is 0 Å². The van der Waals surface area contributed by atoms with Crippen molar-refractivity contribution in [2.75, 3.05) is 6.16 Å². The Labute approximate surface area is 93.3 Å². The van der Waals surface area contributed by atoms with Crippen LogP contribution < -0.4 is 0 Å². The van der Waals surface area contributed by atoms with Gasteiger partial charge < -0.3 is 15.1 Å². The van der Waals surface area contributed by atoms with E-state index in [-0.39, 0.29) is 12.8 Å². The highest BCUT2D eigenvalue weighted by Crippen LogP contribution is 2.51. The molecule has 0 rings (SSSR count). The summed E-state index contributed by atoms with van der Waals surface area (Å²) in [4.78, 5) is 29.7. The Bertz CT molecular complexity index is 271. The summed E-state index contributed by atoms with van der Waals surface area (Å²) in [6, 6.07) is 0. The van der Waals surface area contributed by atoms with E-state index in [4.69, 9.17) is 15.1 Å². The Morgan fingerprint density at radius 1 is 1.36 bits per heavy atom. The van der Waals surface area contributed by atoms with E-state index >= 15 is 0 Å². The summed E-state index contributed by atoms with van der Waals surface area (Å²) >= 11 is 1.28. The van der Waals surface area contributed by atoms with Gasteiger partial charge in [-0.25, -0.2) is 0 Å². The minimum atomic E-state index is -3.44. The number of aliphatic carboxylic acids is 2. The Kier molecular flexibility index (Phi) is 5.61. The van der Waals surface area contributed by atoms with Crippen molar-refractivity contribution in [2.45, 2.75) is 12.8 Å². The molecular formula is C6H10IO6P. The Morgan fingerprint density at radius 2 is 1.86 bits per heavy atom. The summed E-state index contributed by atoms with van der Waals surface area (Å²) in [6.07, 6.45) is -0.831. The van der Waals surface area contributed by atoms with Gasteiger partial charge in [0.15, 0.2) is 0 Å². The van der Waals surface area contributed by atoms with Gasteiger partial charge in [0.2, 0.25) is 0 Å². The molecule has 0 spiro atoms. The summed E-state index contributed by atoms with van der Waals surface area (Å²) in [5, 5.41) is 13.5. The fourth-order valence-electron chi connectivity index (χ4n) is 0.862. The van der Waals surface area contributed by atoms with Crippen LogP contribution in [0.5, 0.6) is 0 Å². The Balaban J connectivity index is 4.24. The zero-order chi connectivity index (χ0) is 11.4. The molecule has 0 aliphatic heterocycles. The van der Waals surface area contributed by atoms with E-state index in [0.717, 1.165) is 0 Å². The van der Waals surface area contributed by atoms with Gasteiger partial charge in [0.05, 0.1) is 5.92 Å². The molecule has 0 amide bonds. The van der Waals surface area contributed by atoms with E-state index in [0.29, 0.717) is 0 Å². The molecule has 1 unspecified atom stereocenters. The predicted molar refractivity (Wildman–Crippen MR) is 56.7 cm³/mol. The van der Waals surface area contributed by atoms with Crippen LogP contribution in [0.1, 0.15) is 12.8 Å². The van der Waals surface area contributed by atoms with Crippen molar-refractivity contribution >= 4 is 39.0 Å². The third kappa shape index (κ3) is 7.28. The van der Waals surface area contributed by atoms with Crippen molar-refractivity contribution in [1.29, 1.82) is 0 Å². The van der Waals surface area contributed by atoms with Gasteiger partial charge in [-0.1, -0.05) is 0 Å². The van der Waals surface area contributed by atoms with Crippen molar-refractivity contribution < 1.29 is 29.3 Å². The average Bonchev–Trinajstić information content (AvgIpc) is 1.94. The molecule has 0 saturated heterocycles. The number of carbonyl (C=O) groups is 2. The zero-order valence-electron chi connectivity index (χ0n) is 7.09. The molecule has 0 aromatic heterocycles. The lowest BCUT2D eigenvalue weighted by molar-refractivity contribution is -0.142. The summed E-state index contributed by atoms with van der Waals surface area (Å²) in [6.45, 7) is 0. The normalized spacial score (nSPS) is 17.0. The van der Waals surface area contributed by atoms with Gasteiger partial charge in [-0.05, 0) is 6.42 Å². The molecule has 0 heterocycles. The number of carboxylic acids is 2. The maximum atomic E-state index is 10.9. The lowest BCUT2D eigenvalue weighted by atomic mass is 10.1. The molecule has 3 N–H and O–H groups in total. The molecule has 0 fully saturated rings. The Hall–Kier alpha value is -0.140. The second kappa shape index (κ2) is 5.67.